The SMILES string of the molecule is CCCC[C@H](NC(=O)c1cc(S(C)(=O)=O)cc(C)c1C)C(=O)O. The summed E-state index contributed by atoms with van der Waals surface area (Å²) in [6.07, 6.45) is 2.90. The first-order valence-corrected chi connectivity index (χ1v) is 9.32. The highest BCUT2D eigenvalue weighted by Gasteiger charge is 2.22. The number of aliphatic carboxylic acids is 1. The molecular formula is C16H23NO5S. The van der Waals surface area contributed by atoms with Crippen LogP contribution < -0.4 is 5.32 Å². The van der Waals surface area contributed by atoms with Crippen molar-refractivity contribution >= 4 is 21.7 Å². The summed E-state index contributed by atoms with van der Waals surface area (Å²) in [5, 5.41) is 11.7. The molecule has 1 rings (SSSR count). The molecule has 0 spiro atoms. The fourth-order valence-electron chi connectivity index (χ4n) is 2.18. The van der Waals surface area contributed by atoms with Crippen LogP contribution >= 0.6 is 0 Å². The summed E-state index contributed by atoms with van der Waals surface area (Å²) in [7, 11) is -3.45. The number of carboxylic acid groups (broad SMARTS) is 1. The van der Waals surface area contributed by atoms with Gasteiger partial charge >= 0.3 is 5.97 Å². The Kier molecular flexibility index (Phi) is 6.32. The lowest BCUT2D eigenvalue weighted by atomic mass is 10.0. The van der Waals surface area contributed by atoms with E-state index in [1.54, 1.807) is 13.8 Å². The molecule has 23 heavy (non-hydrogen) atoms. The van der Waals surface area contributed by atoms with Crippen LogP contribution in [0.15, 0.2) is 17.0 Å². The lowest BCUT2D eigenvalue weighted by molar-refractivity contribution is -0.139. The number of benzene rings is 1. The summed E-state index contributed by atoms with van der Waals surface area (Å²) in [4.78, 5) is 23.7. The summed E-state index contributed by atoms with van der Waals surface area (Å²) in [5.41, 5.74) is 1.49. The van der Waals surface area contributed by atoms with Crippen molar-refractivity contribution in [3.8, 4) is 0 Å². The maximum absolute atomic E-state index is 12.4. The van der Waals surface area contributed by atoms with Crippen molar-refractivity contribution in [1.29, 1.82) is 0 Å². The molecule has 6 nitrogen and oxygen atoms in total. The Morgan fingerprint density at radius 2 is 1.87 bits per heavy atom. The molecule has 0 unspecified atom stereocenters. The van der Waals surface area contributed by atoms with Crippen LogP contribution in [0.4, 0.5) is 0 Å². The van der Waals surface area contributed by atoms with Gasteiger partial charge in [-0.25, -0.2) is 13.2 Å². The molecule has 0 aliphatic heterocycles. The molecule has 0 saturated carbocycles. The van der Waals surface area contributed by atoms with E-state index in [9.17, 15) is 23.1 Å². The van der Waals surface area contributed by atoms with Crippen LogP contribution in [-0.2, 0) is 14.6 Å². The second-order valence-electron chi connectivity index (χ2n) is 5.69. The normalized spacial score (nSPS) is 12.7. The average Bonchev–Trinajstić information content (AvgIpc) is 2.44. The highest BCUT2D eigenvalue weighted by Crippen LogP contribution is 2.20. The summed E-state index contributed by atoms with van der Waals surface area (Å²) in [6.45, 7) is 5.36. The number of amides is 1. The molecule has 0 radical (unpaired) electrons. The molecule has 0 heterocycles. The zero-order chi connectivity index (χ0) is 17.8. The van der Waals surface area contributed by atoms with Crippen LogP contribution in [0.2, 0.25) is 0 Å². The Hall–Kier alpha value is -1.89. The van der Waals surface area contributed by atoms with Crippen molar-refractivity contribution in [3.63, 3.8) is 0 Å². The second kappa shape index (κ2) is 7.59. The van der Waals surface area contributed by atoms with Crippen molar-refractivity contribution in [2.45, 2.75) is 51.0 Å². The number of nitrogens with one attached hydrogen (secondary N) is 1. The van der Waals surface area contributed by atoms with Crippen LogP contribution in [0.5, 0.6) is 0 Å². The lowest BCUT2D eigenvalue weighted by Gasteiger charge is -2.16. The van der Waals surface area contributed by atoms with Crippen molar-refractivity contribution in [1.82, 2.24) is 5.32 Å². The zero-order valence-corrected chi connectivity index (χ0v) is 14.7. The van der Waals surface area contributed by atoms with Crippen molar-refractivity contribution in [2.75, 3.05) is 6.26 Å². The molecule has 128 valence electrons. The number of carbonyl (C=O) groups is 2. The molecule has 0 saturated heterocycles. The number of carboxylic acids is 1. The largest absolute Gasteiger partial charge is 0.480 e. The predicted molar refractivity (Wildman–Crippen MR) is 87.4 cm³/mol. The number of sulfone groups is 1. The maximum atomic E-state index is 12.4. The first kappa shape index (κ1) is 19.2. The number of hydrogen-bond donors (Lipinski definition) is 2. The van der Waals surface area contributed by atoms with Gasteiger partial charge in [-0.3, -0.25) is 4.79 Å². The van der Waals surface area contributed by atoms with E-state index in [1.165, 1.54) is 12.1 Å². The van der Waals surface area contributed by atoms with Gasteiger partial charge < -0.3 is 10.4 Å². The van der Waals surface area contributed by atoms with Gasteiger partial charge in [0.05, 0.1) is 4.90 Å². The number of unbranched alkanes of at least 4 members (excludes halogenated alkanes) is 1. The van der Waals surface area contributed by atoms with Gasteiger partial charge in [-0.2, -0.15) is 0 Å². The molecule has 1 atom stereocenters. The molecule has 0 aromatic heterocycles. The van der Waals surface area contributed by atoms with Gasteiger partial charge in [0.25, 0.3) is 5.91 Å². The van der Waals surface area contributed by atoms with Gasteiger partial charge in [0.15, 0.2) is 9.84 Å². The fourth-order valence-corrected chi connectivity index (χ4v) is 2.90. The van der Waals surface area contributed by atoms with Crippen LogP contribution in [0, 0.1) is 13.8 Å². The molecule has 0 fully saturated rings. The molecule has 0 aliphatic rings. The van der Waals surface area contributed by atoms with Crippen LogP contribution in [0.25, 0.3) is 0 Å². The molecule has 1 amide bonds. The summed E-state index contributed by atoms with van der Waals surface area (Å²) >= 11 is 0. The molecule has 1 aromatic rings. The zero-order valence-electron chi connectivity index (χ0n) is 13.8. The minimum absolute atomic E-state index is 0.0474. The monoisotopic (exact) mass is 341 g/mol. The minimum Gasteiger partial charge on any atom is -0.480 e. The molecule has 0 bridgehead atoms. The summed E-state index contributed by atoms with van der Waals surface area (Å²) in [6, 6.07) is 1.82. The Morgan fingerprint density at radius 3 is 2.35 bits per heavy atom. The van der Waals surface area contributed by atoms with E-state index >= 15 is 0 Å². The van der Waals surface area contributed by atoms with Crippen molar-refractivity contribution in [3.05, 3.63) is 28.8 Å². The number of rotatable bonds is 7. The summed E-state index contributed by atoms with van der Waals surface area (Å²) < 4.78 is 23.4. The predicted octanol–water partition coefficient (Wildman–Crippen LogP) is 2.08. The van der Waals surface area contributed by atoms with Gasteiger partial charge in [-0.1, -0.05) is 19.8 Å². The third kappa shape index (κ3) is 5.06. The van der Waals surface area contributed by atoms with Gasteiger partial charge in [-0.15, -0.1) is 0 Å². The lowest BCUT2D eigenvalue weighted by Crippen LogP contribution is -2.41. The van der Waals surface area contributed by atoms with E-state index in [-0.39, 0.29) is 10.5 Å². The standard InChI is InChI=1S/C16H23NO5S/c1-5-6-7-14(16(19)20)17-15(18)13-9-12(23(4,21)22)8-10(2)11(13)3/h8-9,14H,5-7H2,1-4H3,(H,17,18)(H,19,20)/t14-/m0/s1. The minimum atomic E-state index is -3.45. The van der Waals surface area contributed by atoms with E-state index < -0.39 is 27.8 Å². The Bertz CT molecular complexity index is 709. The highest BCUT2D eigenvalue weighted by atomic mass is 32.2. The van der Waals surface area contributed by atoms with E-state index in [0.717, 1.165) is 12.7 Å². The smallest absolute Gasteiger partial charge is 0.326 e. The van der Waals surface area contributed by atoms with Gasteiger partial charge in [0.2, 0.25) is 0 Å². The van der Waals surface area contributed by atoms with E-state index in [4.69, 9.17) is 0 Å². The molecule has 7 heteroatoms. The van der Waals surface area contributed by atoms with Gasteiger partial charge in [-0.05, 0) is 43.5 Å². The third-order valence-electron chi connectivity index (χ3n) is 3.76. The van der Waals surface area contributed by atoms with Crippen LogP contribution in [-0.4, -0.2) is 37.7 Å². The number of carbonyl (C=O) groups excluding carboxylic acids is 1. The quantitative estimate of drug-likeness (QED) is 0.791. The highest BCUT2D eigenvalue weighted by molar-refractivity contribution is 7.90. The second-order valence-corrected chi connectivity index (χ2v) is 7.71. The maximum Gasteiger partial charge on any atom is 0.326 e. The Morgan fingerprint density at radius 1 is 1.26 bits per heavy atom. The molecular weight excluding hydrogens is 318 g/mol. The topological polar surface area (TPSA) is 101 Å². The third-order valence-corrected chi connectivity index (χ3v) is 4.86. The molecule has 2 N–H and O–H groups in total. The van der Waals surface area contributed by atoms with Crippen molar-refractivity contribution in [2.24, 2.45) is 0 Å². The number of hydrogen-bond acceptors (Lipinski definition) is 4. The van der Waals surface area contributed by atoms with Gasteiger partial charge in [0, 0.05) is 11.8 Å². The van der Waals surface area contributed by atoms with Crippen LogP contribution in [0.1, 0.15) is 47.7 Å². The average molecular weight is 341 g/mol. The van der Waals surface area contributed by atoms with Crippen molar-refractivity contribution < 1.29 is 23.1 Å². The number of aryl methyl sites for hydroxylation is 1. The van der Waals surface area contributed by atoms with E-state index in [0.29, 0.717) is 24.0 Å². The van der Waals surface area contributed by atoms with E-state index in [1.807, 2.05) is 6.92 Å². The Balaban J connectivity index is 3.16. The molecule has 1 aromatic carbocycles. The van der Waals surface area contributed by atoms with E-state index in [2.05, 4.69) is 5.32 Å². The molecule has 0 aliphatic carbocycles. The van der Waals surface area contributed by atoms with Crippen LogP contribution in [0.3, 0.4) is 0 Å². The first-order valence-electron chi connectivity index (χ1n) is 7.42. The fraction of sp³-hybridized carbons (Fsp3) is 0.500. The van der Waals surface area contributed by atoms with Gasteiger partial charge in [0.1, 0.15) is 6.04 Å². The first-order chi connectivity index (χ1) is 10.6. The Labute approximate surface area is 136 Å². The summed E-state index contributed by atoms with van der Waals surface area (Å²) in [5.74, 6) is -1.67.